The largest absolute Gasteiger partial charge is 0.0914 e. The SMILES string of the molecule is CC=CC(C)C(C)C(C)CCC. The molecule has 0 bridgehead atoms. The molecule has 0 aliphatic heterocycles. The molecule has 0 aliphatic rings. The van der Waals surface area contributed by atoms with Crippen molar-refractivity contribution in [2.24, 2.45) is 17.8 Å². The summed E-state index contributed by atoms with van der Waals surface area (Å²) in [6, 6.07) is 0. The third-order valence-electron chi connectivity index (χ3n) is 2.97. The zero-order chi connectivity index (χ0) is 9.56. The Bertz CT molecular complexity index is 124. The van der Waals surface area contributed by atoms with Crippen LogP contribution in [0.15, 0.2) is 12.2 Å². The molecule has 0 aromatic carbocycles. The Hall–Kier alpha value is -0.260. The van der Waals surface area contributed by atoms with Crippen molar-refractivity contribution in [3.05, 3.63) is 12.2 Å². The summed E-state index contributed by atoms with van der Waals surface area (Å²) < 4.78 is 0. The summed E-state index contributed by atoms with van der Waals surface area (Å²) in [5, 5.41) is 0. The zero-order valence-electron chi connectivity index (χ0n) is 9.30. The van der Waals surface area contributed by atoms with E-state index in [2.05, 4.69) is 46.8 Å². The van der Waals surface area contributed by atoms with Crippen LogP contribution < -0.4 is 0 Å². The van der Waals surface area contributed by atoms with Crippen molar-refractivity contribution in [1.82, 2.24) is 0 Å². The fraction of sp³-hybridized carbons (Fsp3) is 0.833. The van der Waals surface area contributed by atoms with Gasteiger partial charge in [-0.15, -0.1) is 0 Å². The number of hydrogen-bond donors (Lipinski definition) is 0. The highest BCUT2D eigenvalue weighted by Crippen LogP contribution is 2.24. The Balaban J connectivity index is 3.90. The molecule has 0 fully saturated rings. The molecule has 3 atom stereocenters. The third-order valence-corrected chi connectivity index (χ3v) is 2.97. The Morgan fingerprint density at radius 1 is 1.17 bits per heavy atom. The van der Waals surface area contributed by atoms with Crippen LogP contribution in [0.25, 0.3) is 0 Å². The van der Waals surface area contributed by atoms with Gasteiger partial charge in [-0.1, -0.05) is 52.7 Å². The first-order valence-corrected chi connectivity index (χ1v) is 5.26. The van der Waals surface area contributed by atoms with Gasteiger partial charge in [0.1, 0.15) is 0 Å². The molecule has 72 valence electrons. The average Bonchev–Trinajstić information content (AvgIpc) is 2.04. The lowest BCUT2D eigenvalue weighted by atomic mass is 9.82. The van der Waals surface area contributed by atoms with Gasteiger partial charge >= 0.3 is 0 Å². The van der Waals surface area contributed by atoms with E-state index in [0.29, 0.717) is 0 Å². The second-order valence-corrected chi connectivity index (χ2v) is 4.01. The van der Waals surface area contributed by atoms with Crippen LogP contribution in [0, 0.1) is 17.8 Å². The lowest BCUT2D eigenvalue weighted by Gasteiger charge is -2.23. The van der Waals surface area contributed by atoms with Crippen LogP contribution >= 0.6 is 0 Å². The van der Waals surface area contributed by atoms with Crippen LogP contribution in [-0.4, -0.2) is 0 Å². The number of allylic oxidation sites excluding steroid dienone is 2. The van der Waals surface area contributed by atoms with Crippen molar-refractivity contribution in [3.8, 4) is 0 Å². The third kappa shape index (κ3) is 3.94. The van der Waals surface area contributed by atoms with Gasteiger partial charge < -0.3 is 0 Å². The molecule has 0 nitrogen and oxygen atoms in total. The molecule has 0 rings (SSSR count). The normalized spacial score (nSPS) is 19.4. The molecule has 0 amide bonds. The van der Waals surface area contributed by atoms with Crippen molar-refractivity contribution in [2.75, 3.05) is 0 Å². The number of rotatable bonds is 5. The Morgan fingerprint density at radius 3 is 2.17 bits per heavy atom. The summed E-state index contributed by atoms with van der Waals surface area (Å²) in [5.74, 6) is 2.42. The second-order valence-electron chi connectivity index (χ2n) is 4.01. The summed E-state index contributed by atoms with van der Waals surface area (Å²) >= 11 is 0. The van der Waals surface area contributed by atoms with Gasteiger partial charge in [0.15, 0.2) is 0 Å². The molecular formula is C12H24. The van der Waals surface area contributed by atoms with Crippen LogP contribution in [0.1, 0.15) is 47.5 Å². The fourth-order valence-corrected chi connectivity index (χ4v) is 1.72. The summed E-state index contributed by atoms with van der Waals surface area (Å²) in [4.78, 5) is 0. The molecule has 3 unspecified atom stereocenters. The van der Waals surface area contributed by atoms with Crippen molar-refractivity contribution < 1.29 is 0 Å². The molecule has 0 aliphatic carbocycles. The maximum atomic E-state index is 2.37. The summed E-state index contributed by atoms with van der Waals surface area (Å²) in [6.07, 6.45) is 7.16. The molecule has 0 saturated carbocycles. The zero-order valence-corrected chi connectivity index (χ0v) is 9.30. The standard InChI is InChI=1S/C12H24/c1-6-8-10(3)12(5)11(4)9-7-2/h6,8,10-12H,7,9H2,1-5H3. The maximum Gasteiger partial charge on any atom is -0.0234 e. The van der Waals surface area contributed by atoms with E-state index >= 15 is 0 Å². The van der Waals surface area contributed by atoms with Crippen LogP contribution in [0.4, 0.5) is 0 Å². The topological polar surface area (TPSA) is 0 Å². The first-order chi connectivity index (χ1) is 5.63. The minimum atomic E-state index is 0.733. The molecule has 0 heterocycles. The van der Waals surface area contributed by atoms with Gasteiger partial charge in [-0.05, 0) is 24.7 Å². The van der Waals surface area contributed by atoms with E-state index in [9.17, 15) is 0 Å². The van der Waals surface area contributed by atoms with Gasteiger partial charge in [0.05, 0.1) is 0 Å². The van der Waals surface area contributed by atoms with E-state index in [0.717, 1.165) is 17.8 Å². The fourth-order valence-electron chi connectivity index (χ4n) is 1.72. The van der Waals surface area contributed by atoms with Crippen molar-refractivity contribution in [3.63, 3.8) is 0 Å². The molecule has 0 N–H and O–H groups in total. The van der Waals surface area contributed by atoms with Gasteiger partial charge in [-0.3, -0.25) is 0 Å². The molecule has 0 aromatic rings. The van der Waals surface area contributed by atoms with Crippen molar-refractivity contribution in [1.29, 1.82) is 0 Å². The van der Waals surface area contributed by atoms with Crippen LogP contribution in [0.5, 0.6) is 0 Å². The van der Waals surface area contributed by atoms with Crippen LogP contribution in [-0.2, 0) is 0 Å². The van der Waals surface area contributed by atoms with Gasteiger partial charge in [0.2, 0.25) is 0 Å². The van der Waals surface area contributed by atoms with E-state index in [1.54, 1.807) is 0 Å². The first-order valence-electron chi connectivity index (χ1n) is 5.26. The monoisotopic (exact) mass is 168 g/mol. The van der Waals surface area contributed by atoms with Crippen molar-refractivity contribution in [2.45, 2.75) is 47.5 Å². The second kappa shape index (κ2) is 6.28. The Morgan fingerprint density at radius 2 is 1.75 bits per heavy atom. The minimum absolute atomic E-state index is 0.733. The molecular weight excluding hydrogens is 144 g/mol. The lowest BCUT2D eigenvalue weighted by molar-refractivity contribution is 0.301. The van der Waals surface area contributed by atoms with Crippen LogP contribution in [0.3, 0.4) is 0 Å². The van der Waals surface area contributed by atoms with Crippen LogP contribution in [0.2, 0.25) is 0 Å². The molecule has 0 aromatic heterocycles. The van der Waals surface area contributed by atoms with Gasteiger partial charge in [-0.2, -0.15) is 0 Å². The van der Waals surface area contributed by atoms with E-state index < -0.39 is 0 Å². The highest BCUT2D eigenvalue weighted by atomic mass is 14.2. The smallest absolute Gasteiger partial charge is 0.0234 e. The highest BCUT2D eigenvalue weighted by molar-refractivity contribution is 4.86. The van der Waals surface area contributed by atoms with E-state index in [4.69, 9.17) is 0 Å². The van der Waals surface area contributed by atoms with E-state index in [1.165, 1.54) is 12.8 Å². The molecule has 12 heavy (non-hydrogen) atoms. The average molecular weight is 168 g/mol. The molecule has 0 radical (unpaired) electrons. The summed E-state index contributed by atoms with van der Waals surface area (Å²) in [7, 11) is 0. The lowest BCUT2D eigenvalue weighted by Crippen LogP contribution is -2.14. The minimum Gasteiger partial charge on any atom is -0.0914 e. The van der Waals surface area contributed by atoms with Gasteiger partial charge in [-0.25, -0.2) is 0 Å². The quantitative estimate of drug-likeness (QED) is 0.538. The van der Waals surface area contributed by atoms with Crippen molar-refractivity contribution >= 4 is 0 Å². The summed E-state index contributed by atoms with van der Waals surface area (Å²) in [6.45, 7) is 11.4. The Labute approximate surface area is 78.1 Å². The Kier molecular flexibility index (Phi) is 6.14. The van der Waals surface area contributed by atoms with Gasteiger partial charge in [0, 0.05) is 0 Å². The predicted molar refractivity (Wildman–Crippen MR) is 57.2 cm³/mol. The molecule has 0 spiro atoms. The summed E-state index contributed by atoms with van der Waals surface area (Å²) in [5.41, 5.74) is 0. The maximum absolute atomic E-state index is 2.37. The van der Waals surface area contributed by atoms with E-state index in [-0.39, 0.29) is 0 Å². The number of hydrogen-bond acceptors (Lipinski definition) is 0. The molecule has 0 heteroatoms. The van der Waals surface area contributed by atoms with Gasteiger partial charge in [0.25, 0.3) is 0 Å². The predicted octanol–water partition coefficient (Wildman–Crippen LogP) is 4.27. The van der Waals surface area contributed by atoms with E-state index in [1.807, 2.05) is 0 Å². The highest BCUT2D eigenvalue weighted by Gasteiger charge is 2.15. The first kappa shape index (κ1) is 11.7. The molecule has 0 saturated heterocycles.